The zero-order valence-corrected chi connectivity index (χ0v) is 13.1. The van der Waals surface area contributed by atoms with E-state index in [1.165, 1.54) is 7.11 Å². The lowest BCUT2D eigenvalue weighted by Gasteiger charge is -2.18. The van der Waals surface area contributed by atoms with Crippen LogP contribution in [0.5, 0.6) is 11.5 Å². The number of nitriles is 1. The Balaban J connectivity index is 2.12. The van der Waals surface area contributed by atoms with E-state index in [9.17, 15) is 4.79 Å². The van der Waals surface area contributed by atoms with Crippen LogP contribution in [0, 0.1) is 18.3 Å². The Morgan fingerprint density at radius 2 is 2.22 bits per heavy atom. The fourth-order valence-electron chi connectivity index (χ4n) is 1.94. The lowest BCUT2D eigenvalue weighted by atomic mass is 10.2. The molecule has 0 unspecified atom stereocenters. The number of rotatable bonds is 6. The third kappa shape index (κ3) is 4.01. The SMILES string of the molecule is CC[C@H](Oc1ccc(C#N)cc1OC)C(=O)Nc1cc(C)on1. The van der Waals surface area contributed by atoms with Crippen molar-refractivity contribution < 1.29 is 18.8 Å². The number of carbonyl (C=O) groups is 1. The Labute approximate surface area is 133 Å². The van der Waals surface area contributed by atoms with Gasteiger partial charge in [-0.2, -0.15) is 5.26 Å². The van der Waals surface area contributed by atoms with Gasteiger partial charge in [-0.05, 0) is 25.5 Å². The van der Waals surface area contributed by atoms with Gasteiger partial charge in [0.15, 0.2) is 23.4 Å². The van der Waals surface area contributed by atoms with Gasteiger partial charge < -0.3 is 19.3 Å². The van der Waals surface area contributed by atoms with Crippen molar-refractivity contribution >= 4 is 11.7 Å². The van der Waals surface area contributed by atoms with Crippen LogP contribution in [0.1, 0.15) is 24.7 Å². The Kier molecular flexibility index (Phi) is 5.20. The number of aryl methyl sites for hydroxylation is 1. The molecule has 7 heteroatoms. The number of hydrogen-bond acceptors (Lipinski definition) is 6. The molecule has 0 saturated heterocycles. The van der Waals surface area contributed by atoms with Crippen LogP contribution in [0.25, 0.3) is 0 Å². The molecule has 0 fully saturated rings. The summed E-state index contributed by atoms with van der Waals surface area (Å²) < 4.78 is 15.8. The van der Waals surface area contributed by atoms with Crippen molar-refractivity contribution in [2.24, 2.45) is 0 Å². The summed E-state index contributed by atoms with van der Waals surface area (Å²) in [7, 11) is 1.47. The zero-order chi connectivity index (χ0) is 16.8. The number of carbonyl (C=O) groups excluding carboxylic acids is 1. The summed E-state index contributed by atoms with van der Waals surface area (Å²) in [6, 6.07) is 8.40. The molecule has 0 saturated carbocycles. The molecule has 0 spiro atoms. The van der Waals surface area contributed by atoms with Crippen molar-refractivity contribution in [1.29, 1.82) is 5.26 Å². The van der Waals surface area contributed by atoms with Crippen molar-refractivity contribution in [3.05, 3.63) is 35.6 Å². The average Bonchev–Trinajstić information content (AvgIpc) is 2.97. The van der Waals surface area contributed by atoms with Crippen LogP contribution in [0.4, 0.5) is 5.82 Å². The molecule has 2 aromatic rings. The van der Waals surface area contributed by atoms with Gasteiger partial charge in [-0.25, -0.2) is 0 Å². The molecule has 0 aliphatic rings. The van der Waals surface area contributed by atoms with Crippen LogP contribution in [0.3, 0.4) is 0 Å². The minimum absolute atomic E-state index is 0.335. The lowest BCUT2D eigenvalue weighted by Crippen LogP contribution is -2.32. The topological polar surface area (TPSA) is 97.4 Å². The second-order valence-corrected chi connectivity index (χ2v) is 4.80. The third-order valence-electron chi connectivity index (χ3n) is 3.10. The molecular formula is C16H17N3O4. The Hall–Kier alpha value is -3.01. The second-order valence-electron chi connectivity index (χ2n) is 4.80. The summed E-state index contributed by atoms with van der Waals surface area (Å²) in [6.45, 7) is 3.56. The first-order valence-corrected chi connectivity index (χ1v) is 7.06. The summed E-state index contributed by atoms with van der Waals surface area (Å²) in [4.78, 5) is 12.3. The van der Waals surface area contributed by atoms with E-state index in [4.69, 9.17) is 19.3 Å². The smallest absolute Gasteiger partial charge is 0.266 e. The average molecular weight is 315 g/mol. The molecule has 0 radical (unpaired) electrons. The largest absolute Gasteiger partial charge is 0.493 e. The van der Waals surface area contributed by atoms with E-state index >= 15 is 0 Å². The molecule has 1 aromatic carbocycles. The minimum atomic E-state index is -0.728. The monoisotopic (exact) mass is 315 g/mol. The van der Waals surface area contributed by atoms with Gasteiger partial charge in [-0.15, -0.1) is 0 Å². The zero-order valence-electron chi connectivity index (χ0n) is 13.1. The first-order chi connectivity index (χ1) is 11.1. The molecule has 23 heavy (non-hydrogen) atoms. The fraction of sp³-hybridized carbons (Fsp3) is 0.312. The van der Waals surface area contributed by atoms with Crippen LogP contribution in [-0.2, 0) is 4.79 Å². The van der Waals surface area contributed by atoms with E-state index in [0.717, 1.165) is 0 Å². The number of anilines is 1. The molecular weight excluding hydrogens is 298 g/mol. The van der Waals surface area contributed by atoms with Crippen LogP contribution in [0.2, 0.25) is 0 Å². The highest BCUT2D eigenvalue weighted by Crippen LogP contribution is 2.29. The lowest BCUT2D eigenvalue weighted by molar-refractivity contribution is -0.122. The molecule has 2 rings (SSSR count). The van der Waals surface area contributed by atoms with Gasteiger partial charge in [0, 0.05) is 12.1 Å². The normalized spacial score (nSPS) is 11.4. The highest BCUT2D eigenvalue weighted by Gasteiger charge is 2.21. The number of ether oxygens (including phenoxy) is 2. The van der Waals surface area contributed by atoms with Gasteiger partial charge in [-0.3, -0.25) is 4.79 Å². The Morgan fingerprint density at radius 1 is 1.43 bits per heavy atom. The van der Waals surface area contributed by atoms with Gasteiger partial charge >= 0.3 is 0 Å². The summed E-state index contributed by atoms with van der Waals surface area (Å²) in [5.74, 6) is 1.38. The molecule has 1 aromatic heterocycles. The summed E-state index contributed by atoms with van der Waals surface area (Å²) in [6.07, 6.45) is -0.278. The summed E-state index contributed by atoms with van der Waals surface area (Å²) in [5, 5.41) is 15.2. The molecule has 0 aliphatic heterocycles. The van der Waals surface area contributed by atoms with Gasteiger partial charge in [0.1, 0.15) is 5.76 Å². The van der Waals surface area contributed by atoms with E-state index in [1.54, 1.807) is 31.2 Å². The maximum absolute atomic E-state index is 12.3. The maximum atomic E-state index is 12.3. The fourth-order valence-corrected chi connectivity index (χ4v) is 1.94. The maximum Gasteiger partial charge on any atom is 0.266 e. The van der Waals surface area contributed by atoms with Crippen molar-refractivity contribution in [1.82, 2.24) is 5.16 Å². The molecule has 1 atom stereocenters. The first kappa shape index (κ1) is 16.4. The highest BCUT2D eigenvalue weighted by molar-refractivity contribution is 5.93. The molecule has 0 aliphatic carbocycles. The Morgan fingerprint density at radius 3 is 2.78 bits per heavy atom. The number of nitrogens with one attached hydrogen (secondary N) is 1. The Bertz CT molecular complexity index is 733. The van der Waals surface area contributed by atoms with Gasteiger partial charge in [-0.1, -0.05) is 12.1 Å². The van der Waals surface area contributed by atoms with Gasteiger partial charge in [0.2, 0.25) is 0 Å². The van der Waals surface area contributed by atoms with E-state index in [1.807, 2.05) is 13.0 Å². The van der Waals surface area contributed by atoms with Crippen LogP contribution in [0.15, 0.2) is 28.8 Å². The minimum Gasteiger partial charge on any atom is -0.493 e. The predicted octanol–water partition coefficient (Wildman–Crippen LogP) is 2.66. The number of methoxy groups -OCH3 is 1. The molecule has 0 bridgehead atoms. The van der Waals surface area contributed by atoms with E-state index < -0.39 is 6.10 Å². The van der Waals surface area contributed by atoms with Crippen molar-refractivity contribution in [3.63, 3.8) is 0 Å². The van der Waals surface area contributed by atoms with Crippen LogP contribution in [-0.4, -0.2) is 24.3 Å². The number of amides is 1. The molecule has 120 valence electrons. The van der Waals surface area contributed by atoms with E-state index in [-0.39, 0.29) is 5.91 Å². The molecule has 1 amide bonds. The van der Waals surface area contributed by atoms with E-state index in [0.29, 0.717) is 35.1 Å². The quantitative estimate of drug-likeness (QED) is 0.880. The van der Waals surface area contributed by atoms with Gasteiger partial charge in [0.05, 0.1) is 18.7 Å². The molecule has 1 heterocycles. The highest BCUT2D eigenvalue weighted by atomic mass is 16.5. The van der Waals surface area contributed by atoms with Crippen LogP contribution >= 0.6 is 0 Å². The first-order valence-electron chi connectivity index (χ1n) is 7.06. The van der Waals surface area contributed by atoms with E-state index in [2.05, 4.69) is 10.5 Å². The predicted molar refractivity (Wildman–Crippen MR) is 82.3 cm³/mol. The van der Waals surface area contributed by atoms with Crippen molar-refractivity contribution in [2.75, 3.05) is 12.4 Å². The van der Waals surface area contributed by atoms with Crippen molar-refractivity contribution in [2.45, 2.75) is 26.4 Å². The third-order valence-corrected chi connectivity index (χ3v) is 3.10. The molecule has 1 N–H and O–H groups in total. The number of aromatic nitrogens is 1. The van der Waals surface area contributed by atoms with Crippen LogP contribution < -0.4 is 14.8 Å². The summed E-state index contributed by atoms with van der Waals surface area (Å²) >= 11 is 0. The van der Waals surface area contributed by atoms with Crippen molar-refractivity contribution in [3.8, 4) is 17.6 Å². The standard InChI is InChI=1S/C16H17N3O4/c1-4-12(16(20)18-15-7-10(2)23-19-15)22-13-6-5-11(9-17)8-14(13)21-3/h5-8,12H,4H2,1-3H3,(H,18,19,20)/t12-/m0/s1. The summed E-state index contributed by atoms with van der Waals surface area (Å²) in [5.41, 5.74) is 0.449. The number of nitrogens with zero attached hydrogens (tertiary/aromatic N) is 2. The van der Waals surface area contributed by atoms with Gasteiger partial charge in [0.25, 0.3) is 5.91 Å². The molecule has 7 nitrogen and oxygen atoms in total. The number of benzene rings is 1. The second kappa shape index (κ2) is 7.31. The number of hydrogen-bond donors (Lipinski definition) is 1.